The maximum atomic E-state index is 8.52. The van der Waals surface area contributed by atoms with Crippen LogP contribution in [0.2, 0.25) is 0 Å². The lowest BCUT2D eigenvalue weighted by atomic mass is 9.87. The van der Waals surface area contributed by atoms with Crippen LogP contribution in [-0.2, 0) is 0 Å². The second-order valence-corrected chi connectivity index (χ2v) is 5.48. The fourth-order valence-electron chi connectivity index (χ4n) is 1.42. The lowest BCUT2D eigenvalue weighted by Gasteiger charge is -2.22. The van der Waals surface area contributed by atoms with Crippen molar-refractivity contribution in [1.82, 2.24) is 5.32 Å². The maximum Gasteiger partial charge on any atom is 0.183 e. The number of aliphatic imine (C=N–C) groups is 1. The summed E-state index contributed by atoms with van der Waals surface area (Å²) >= 11 is 1.48. The van der Waals surface area contributed by atoms with Crippen molar-refractivity contribution in [2.45, 2.75) is 46.5 Å². The molecule has 0 rings (SSSR count). The molecule has 0 aromatic rings. The van der Waals surface area contributed by atoms with Gasteiger partial charge in [0.15, 0.2) is 11.4 Å². The fourth-order valence-corrected chi connectivity index (χ4v) is 1.76. The molecule has 0 aliphatic rings. The Bertz CT molecular complexity index is 253. The Kier molecular flexibility index (Phi) is 8.10. The second kappa shape index (κ2) is 8.46. The molecule has 0 spiro atoms. The molecule has 0 aliphatic carbocycles. The van der Waals surface area contributed by atoms with Gasteiger partial charge in [0, 0.05) is 6.54 Å². The number of nitrogens with zero attached hydrogens (tertiary/aromatic N) is 2. The third kappa shape index (κ3) is 7.58. The third-order valence-electron chi connectivity index (χ3n) is 2.46. The van der Waals surface area contributed by atoms with E-state index >= 15 is 0 Å². The van der Waals surface area contributed by atoms with Crippen LogP contribution in [0.25, 0.3) is 0 Å². The molecule has 0 unspecified atom stereocenters. The quantitative estimate of drug-likeness (QED) is 0.255. The molecule has 16 heavy (non-hydrogen) atoms. The van der Waals surface area contributed by atoms with Gasteiger partial charge in [0.1, 0.15) is 0 Å². The van der Waals surface area contributed by atoms with Crippen molar-refractivity contribution in [3.63, 3.8) is 0 Å². The summed E-state index contributed by atoms with van der Waals surface area (Å²) in [7, 11) is 0. The summed E-state index contributed by atoms with van der Waals surface area (Å²) in [6.07, 6.45) is 8.83. The predicted molar refractivity (Wildman–Crippen MR) is 72.5 cm³/mol. The van der Waals surface area contributed by atoms with E-state index in [2.05, 4.69) is 31.1 Å². The van der Waals surface area contributed by atoms with E-state index in [0.717, 1.165) is 6.54 Å². The number of hydrogen-bond acceptors (Lipinski definition) is 3. The van der Waals surface area contributed by atoms with Crippen LogP contribution < -0.4 is 5.32 Å². The minimum absolute atomic E-state index is 0.229. The van der Waals surface area contributed by atoms with Crippen molar-refractivity contribution in [1.29, 1.82) is 5.26 Å². The smallest absolute Gasteiger partial charge is 0.183 e. The number of amidine groups is 1. The van der Waals surface area contributed by atoms with Gasteiger partial charge in [0.05, 0.1) is 0 Å². The second-order valence-electron chi connectivity index (χ2n) is 4.68. The number of hydrogen-bond donors (Lipinski definition) is 1. The molecule has 0 aromatic heterocycles. The molecule has 0 atom stereocenters. The van der Waals surface area contributed by atoms with Crippen LogP contribution in [0.5, 0.6) is 0 Å². The molecule has 3 nitrogen and oxygen atoms in total. The summed E-state index contributed by atoms with van der Waals surface area (Å²) < 4.78 is 0. The minimum atomic E-state index is 0.229. The topological polar surface area (TPSA) is 48.2 Å². The van der Waals surface area contributed by atoms with Gasteiger partial charge in [-0.25, -0.2) is 0 Å². The molecular weight excluding hydrogens is 218 g/mol. The van der Waals surface area contributed by atoms with Crippen LogP contribution in [0.1, 0.15) is 46.5 Å². The molecule has 0 bridgehead atoms. The molecule has 0 aromatic carbocycles. The zero-order valence-corrected chi connectivity index (χ0v) is 11.7. The molecule has 0 aliphatic heterocycles. The summed E-state index contributed by atoms with van der Waals surface area (Å²) in [4.78, 5) is 4.43. The van der Waals surface area contributed by atoms with Crippen molar-refractivity contribution >= 4 is 16.9 Å². The van der Waals surface area contributed by atoms with E-state index in [-0.39, 0.29) is 5.41 Å². The number of unbranched alkanes of at least 4 members (excludes halogenated alkanes) is 2. The molecule has 1 N–H and O–H groups in total. The Balaban J connectivity index is 4.08. The highest BCUT2D eigenvalue weighted by molar-refractivity contribution is 8.13. The van der Waals surface area contributed by atoms with Crippen molar-refractivity contribution in [3.8, 4) is 6.19 Å². The van der Waals surface area contributed by atoms with E-state index in [1.807, 2.05) is 12.4 Å². The van der Waals surface area contributed by atoms with Crippen LogP contribution in [0.3, 0.4) is 0 Å². The first kappa shape index (κ1) is 15.3. The Morgan fingerprint density at radius 2 is 2.12 bits per heavy atom. The Morgan fingerprint density at radius 3 is 2.62 bits per heavy atom. The molecular formula is C12H23N3S. The standard InChI is InChI=1S/C12H23N3S/c1-5-6-7-8-12(2,3)9-14-11(16-4)15-10-13/h5-9H2,1-4H3,(H,14,15). The van der Waals surface area contributed by atoms with Crippen molar-refractivity contribution in [3.05, 3.63) is 0 Å². The maximum absolute atomic E-state index is 8.52. The molecule has 0 fully saturated rings. The van der Waals surface area contributed by atoms with Gasteiger partial charge in [-0.15, -0.1) is 0 Å². The fraction of sp³-hybridized carbons (Fsp3) is 0.833. The van der Waals surface area contributed by atoms with E-state index in [1.165, 1.54) is 37.4 Å². The third-order valence-corrected chi connectivity index (χ3v) is 3.08. The molecule has 0 saturated heterocycles. The van der Waals surface area contributed by atoms with Gasteiger partial charge in [-0.3, -0.25) is 10.3 Å². The molecule has 0 saturated carbocycles. The van der Waals surface area contributed by atoms with Crippen LogP contribution in [0.4, 0.5) is 0 Å². The minimum Gasteiger partial charge on any atom is -0.272 e. The monoisotopic (exact) mass is 241 g/mol. The zero-order chi connectivity index (χ0) is 12.4. The van der Waals surface area contributed by atoms with E-state index in [4.69, 9.17) is 5.26 Å². The summed E-state index contributed by atoms with van der Waals surface area (Å²) in [6, 6.07) is 0. The lowest BCUT2D eigenvalue weighted by Crippen LogP contribution is -2.20. The van der Waals surface area contributed by atoms with Crippen LogP contribution in [0, 0.1) is 16.9 Å². The number of thioether (sulfide) groups is 1. The highest BCUT2D eigenvalue weighted by atomic mass is 32.2. The Morgan fingerprint density at radius 1 is 1.44 bits per heavy atom. The summed E-state index contributed by atoms with van der Waals surface area (Å²) in [5, 5.41) is 11.8. The van der Waals surface area contributed by atoms with Crippen LogP contribution in [-0.4, -0.2) is 18.0 Å². The average Bonchev–Trinajstić information content (AvgIpc) is 2.24. The molecule has 4 heteroatoms. The normalized spacial score (nSPS) is 12.3. The Hall–Kier alpha value is -0.690. The molecule has 0 heterocycles. The molecule has 0 amide bonds. The average molecular weight is 241 g/mol. The van der Waals surface area contributed by atoms with Crippen LogP contribution in [0.15, 0.2) is 4.99 Å². The van der Waals surface area contributed by atoms with Crippen molar-refractivity contribution < 1.29 is 0 Å². The van der Waals surface area contributed by atoms with E-state index in [0.29, 0.717) is 5.17 Å². The van der Waals surface area contributed by atoms with Gasteiger partial charge in [0.25, 0.3) is 0 Å². The first-order chi connectivity index (χ1) is 7.55. The lowest BCUT2D eigenvalue weighted by molar-refractivity contribution is 0.333. The summed E-state index contributed by atoms with van der Waals surface area (Å²) in [5.41, 5.74) is 0.229. The Labute approximate surface area is 104 Å². The SMILES string of the molecule is CCCCCC(C)(C)CN=C(NC#N)SC. The van der Waals surface area contributed by atoms with E-state index in [9.17, 15) is 0 Å². The summed E-state index contributed by atoms with van der Waals surface area (Å²) in [6.45, 7) is 7.46. The molecule has 0 radical (unpaired) electrons. The number of nitriles is 1. The largest absolute Gasteiger partial charge is 0.272 e. The van der Waals surface area contributed by atoms with E-state index in [1.54, 1.807) is 0 Å². The highest BCUT2D eigenvalue weighted by Crippen LogP contribution is 2.24. The van der Waals surface area contributed by atoms with Crippen molar-refractivity contribution in [2.24, 2.45) is 10.4 Å². The first-order valence-corrected chi connectivity index (χ1v) is 7.01. The highest BCUT2D eigenvalue weighted by Gasteiger charge is 2.16. The van der Waals surface area contributed by atoms with E-state index < -0.39 is 0 Å². The van der Waals surface area contributed by atoms with Crippen LogP contribution >= 0.6 is 11.8 Å². The first-order valence-electron chi connectivity index (χ1n) is 5.79. The van der Waals surface area contributed by atoms with Gasteiger partial charge in [-0.2, -0.15) is 5.26 Å². The van der Waals surface area contributed by atoms with Gasteiger partial charge in [-0.05, 0) is 18.1 Å². The van der Waals surface area contributed by atoms with Gasteiger partial charge in [0.2, 0.25) is 0 Å². The van der Waals surface area contributed by atoms with Gasteiger partial charge < -0.3 is 0 Å². The number of nitrogens with one attached hydrogen (secondary N) is 1. The molecule has 92 valence electrons. The number of rotatable bonds is 6. The summed E-state index contributed by atoms with van der Waals surface area (Å²) in [5.74, 6) is 0. The zero-order valence-electron chi connectivity index (χ0n) is 10.8. The predicted octanol–water partition coefficient (Wildman–Crippen LogP) is 3.38. The van der Waals surface area contributed by atoms with Gasteiger partial charge in [-0.1, -0.05) is 51.8 Å². The van der Waals surface area contributed by atoms with Gasteiger partial charge >= 0.3 is 0 Å². The van der Waals surface area contributed by atoms with Crippen molar-refractivity contribution in [2.75, 3.05) is 12.8 Å².